The van der Waals surface area contributed by atoms with Crippen LogP contribution in [-0.2, 0) is 6.54 Å². The largest absolute Gasteiger partial charge is 0.296 e. The van der Waals surface area contributed by atoms with Crippen molar-refractivity contribution in [1.29, 1.82) is 0 Å². The van der Waals surface area contributed by atoms with Crippen molar-refractivity contribution >= 4 is 27.5 Å². The first-order valence-electron chi connectivity index (χ1n) is 6.44. The van der Waals surface area contributed by atoms with Gasteiger partial charge >= 0.3 is 0 Å². The van der Waals surface area contributed by atoms with Gasteiger partial charge < -0.3 is 0 Å². The highest BCUT2D eigenvalue weighted by atomic mass is 79.9. The molecular weight excluding hydrogens is 317 g/mol. The maximum absolute atomic E-state index is 13.0. The number of hydrogen-bond donors (Lipinski definition) is 0. The molecule has 1 atom stereocenters. The van der Waals surface area contributed by atoms with E-state index < -0.39 is 0 Å². The highest BCUT2D eigenvalue weighted by Gasteiger charge is 2.24. The van der Waals surface area contributed by atoms with Crippen LogP contribution in [0.5, 0.6) is 0 Å². The predicted octanol–water partition coefficient (Wildman–Crippen LogP) is 4.62. The summed E-state index contributed by atoms with van der Waals surface area (Å²) in [7, 11) is 0. The molecule has 0 spiro atoms. The Kier molecular flexibility index (Phi) is 5.46. The second kappa shape index (κ2) is 6.88. The van der Waals surface area contributed by atoms with Crippen LogP contribution in [0, 0.1) is 5.82 Å². The summed E-state index contributed by atoms with van der Waals surface area (Å²) in [6.45, 7) is 1.97. The fourth-order valence-corrected chi connectivity index (χ4v) is 3.16. The molecule has 0 saturated carbocycles. The Labute approximate surface area is 121 Å². The molecule has 1 fully saturated rings. The second-order valence-corrected chi connectivity index (χ2v) is 6.03. The molecular formula is C14H18BrClFN. The van der Waals surface area contributed by atoms with Crippen LogP contribution >= 0.6 is 27.5 Å². The van der Waals surface area contributed by atoms with E-state index in [4.69, 9.17) is 11.6 Å². The van der Waals surface area contributed by atoms with Crippen LogP contribution in [0.2, 0.25) is 5.02 Å². The van der Waals surface area contributed by atoms with Gasteiger partial charge in [0.15, 0.2) is 0 Å². The fraction of sp³-hybridized carbons (Fsp3) is 0.571. The first-order chi connectivity index (χ1) is 8.70. The highest BCUT2D eigenvalue weighted by Crippen LogP contribution is 2.26. The third kappa shape index (κ3) is 3.69. The maximum atomic E-state index is 13.0. The summed E-state index contributed by atoms with van der Waals surface area (Å²) in [5.41, 5.74) is 1.03. The SMILES string of the molecule is Fc1ccc(CN2CCCC2CCCBr)c(Cl)c1. The summed E-state index contributed by atoms with van der Waals surface area (Å²) in [6.07, 6.45) is 4.96. The third-order valence-corrected chi connectivity index (χ3v) is 4.47. The number of nitrogens with zero attached hydrogens (tertiary/aromatic N) is 1. The lowest BCUT2D eigenvalue weighted by atomic mass is 10.1. The molecule has 1 aliphatic rings. The standard InChI is InChI=1S/C14H18BrClFN/c15-7-1-3-13-4-2-8-18(13)10-11-5-6-12(17)9-14(11)16/h5-6,9,13H,1-4,7-8,10H2. The Hall–Kier alpha value is -0.120. The quantitative estimate of drug-likeness (QED) is 0.710. The average molecular weight is 335 g/mol. The van der Waals surface area contributed by atoms with Crippen LogP contribution in [0.25, 0.3) is 0 Å². The number of hydrogen-bond acceptors (Lipinski definition) is 1. The topological polar surface area (TPSA) is 3.24 Å². The zero-order chi connectivity index (χ0) is 13.0. The lowest BCUT2D eigenvalue weighted by Gasteiger charge is -2.24. The summed E-state index contributed by atoms with van der Waals surface area (Å²) in [4.78, 5) is 2.47. The monoisotopic (exact) mass is 333 g/mol. The molecule has 1 aromatic rings. The van der Waals surface area contributed by atoms with E-state index in [9.17, 15) is 4.39 Å². The van der Waals surface area contributed by atoms with Gasteiger partial charge in [0.25, 0.3) is 0 Å². The van der Waals surface area contributed by atoms with Gasteiger partial charge in [0, 0.05) is 22.9 Å². The molecule has 4 heteroatoms. The zero-order valence-corrected chi connectivity index (χ0v) is 12.7. The number of rotatable bonds is 5. The summed E-state index contributed by atoms with van der Waals surface area (Å²) in [6, 6.07) is 5.35. The minimum atomic E-state index is -0.263. The van der Waals surface area contributed by atoms with Gasteiger partial charge in [-0.2, -0.15) is 0 Å². The molecule has 1 aromatic carbocycles. The molecule has 1 aliphatic heterocycles. The van der Waals surface area contributed by atoms with Gasteiger partial charge in [-0.15, -0.1) is 0 Å². The van der Waals surface area contributed by atoms with Gasteiger partial charge in [0.2, 0.25) is 0 Å². The van der Waals surface area contributed by atoms with Crippen molar-refractivity contribution in [3.05, 3.63) is 34.6 Å². The molecule has 1 nitrogen and oxygen atoms in total. The van der Waals surface area contributed by atoms with Gasteiger partial charge in [0.05, 0.1) is 0 Å². The minimum absolute atomic E-state index is 0.263. The van der Waals surface area contributed by atoms with E-state index in [1.165, 1.54) is 37.8 Å². The van der Waals surface area contributed by atoms with Gasteiger partial charge in [-0.1, -0.05) is 33.6 Å². The molecule has 1 saturated heterocycles. The van der Waals surface area contributed by atoms with E-state index in [-0.39, 0.29) is 5.82 Å². The van der Waals surface area contributed by atoms with Gasteiger partial charge in [-0.25, -0.2) is 4.39 Å². The van der Waals surface area contributed by atoms with Crippen LogP contribution in [0.1, 0.15) is 31.2 Å². The van der Waals surface area contributed by atoms with Crippen LogP contribution in [0.3, 0.4) is 0 Å². The molecule has 18 heavy (non-hydrogen) atoms. The zero-order valence-electron chi connectivity index (χ0n) is 10.3. The lowest BCUT2D eigenvalue weighted by molar-refractivity contribution is 0.234. The van der Waals surface area contributed by atoms with Gasteiger partial charge in [-0.3, -0.25) is 4.90 Å². The summed E-state index contributed by atoms with van der Waals surface area (Å²) in [5, 5.41) is 1.61. The Bertz CT molecular complexity index is 399. The number of alkyl halides is 1. The van der Waals surface area contributed by atoms with Crippen molar-refractivity contribution in [3.63, 3.8) is 0 Å². The van der Waals surface area contributed by atoms with Crippen LogP contribution in [0.4, 0.5) is 4.39 Å². The Morgan fingerprint density at radius 2 is 2.28 bits per heavy atom. The van der Waals surface area contributed by atoms with Crippen LogP contribution in [-0.4, -0.2) is 22.8 Å². The number of likely N-dealkylation sites (tertiary alicyclic amines) is 1. The van der Waals surface area contributed by atoms with E-state index in [0.29, 0.717) is 11.1 Å². The van der Waals surface area contributed by atoms with Crippen molar-refractivity contribution in [1.82, 2.24) is 4.90 Å². The average Bonchev–Trinajstić information content (AvgIpc) is 2.77. The van der Waals surface area contributed by atoms with Crippen molar-refractivity contribution in [2.24, 2.45) is 0 Å². The molecule has 1 heterocycles. The maximum Gasteiger partial charge on any atom is 0.124 e. The minimum Gasteiger partial charge on any atom is -0.296 e. The van der Waals surface area contributed by atoms with E-state index in [1.807, 2.05) is 0 Å². The van der Waals surface area contributed by atoms with Crippen molar-refractivity contribution in [2.45, 2.75) is 38.3 Å². The summed E-state index contributed by atoms with van der Waals surface area (Å²) >= 11 is 9.57. The first-order valence-corrected chi connectivity index (χ1v) is 7.94. The number of halogens is 3. The first kappa shape index (κ1) is 14.3. The molecule has 0 amide bonds. The third-order valence-electron chi connectivity index (χ3n) is 3.56. The molecule has 0 aliphatic carbocycles. The van der Waals surface area contributed by atoms with Crippen molar-refractivity contribution in [3.8, 4) is 0 Å². The van der Waals surface area contributed by atoms with Crippen molar-refractivity contribution < 1.29 is 4.39 Å². The summed E-state index contributed by atoms with van der Waals surface area (Å²) < 4.78 is 13.0. The van der Waals surface area contributed by atoms with Crippen LogP contribution < -0.4 is 0 Å². The molecule has 0 radical (unpaired) electrons. The Morgan fingerprint density at radius 3 is 3.00 bits per heavy atom. The van der Waals surface area contributed by atoms with Gasteiger partial charge in [-0.05, 0) is 49.9 Å². The molecule has 1 unspecified atom stereocenters. The van der Waals surface area contributed by atoms with E-state index in [1.54, 1.807) is 6.07 Å². The van der Waals surface area contributed by atoms with E-state index >= 15 is 0 Å². The number of benzene rings is 1. The predicted molar refractivity (Wildman–Crippen MR) is 77.9 cm³/mol. The molecule has 0 aromatic heterocycles. The van der Waals surface area contributed by atoms with E-state index in [2.05, 4.69) is 20.8 Å². The van der Waals surface area contributed by atoms with Crippen LogP contribution in [0.15, 0.2) is 18.2 Å². The summed E-state index contributed by atoms with van der Waals surface area (Å²) in [5.74, 6) is -0.263. The lowest BCUT2D eigenvalue weighted by Crippen LogP contribution is -2.29. The Morgan fingerprint density at radius 1 is 1.44 bits per heavy atom. The Balaban J connectivity index is 1.99. The molecule has 2 rings (SSSR count). The smallest absolute Gasteiger partial charge is 0.124 e. The van der Waals surface area contributed by atoms with Crippen molar-refractivity contribution in [2.75, 3.05) is 11.9 Å². The molecule has 0 bridgehead atoms. The second-order valence-electron chi connectivity index (χ2n) is 4.83. The normalized spacial score (nSPS) is 20.5. The molecule has 0 N–H and O–H groups in total. The molecule has 100 valence electrons. The van der Waals surface area contributed by atoms with Gasteiger partial charge in [0.1, 0.15) is 5.82 Å². The van der Waals surface area contributed by atoms with E-state index in [0.717, 1.165) is 24.0 Å². The highest BCUT2D eigenvalue weighted by molar-refractivity contribution is 9.09. The fourth-order valence-electron chi connectivity index (χ4n) is 2.61.